The van der Waals surface area contributed by atoms with Gasteiger partial charge in [0, 0.05) is 23.3 Å². The lowest BCUT2D eigenvalue weighted by atomic mass is 10.1. The Balaban J connectivity index is 2.03. The van der Waals surface area contributed by atoms with Gasteiger partial charge in [-0.1, -0.05) is 13.8 Å². The zero-order chi connectivity index (χ0) is 11.5. The van der Waals surface area contributed by atoms with Crippen molar-refractivity contribution >= 4 is 21.7 Å². The summed E-state index contributed by atoms with van der Waals surface area (Å²) in [5.41, 5.74) is 0. The van der Waals surface area contributed by atoms with E-state index in [9.17, 15) is 0 Å². The molecule has 1 aromatic rings. The Kier molecular flexibility index (Phi) is 3.85. The van der Waals surface area contributed by atoms with Crippen LogP contribution >= 0.6 is 15.9 Å². The Bertz CT molecular complexity index is 330. The van der Waals surface area contributed by atoms with Gasteiger partial charge in [-0.15, -0.1) is 0 Å². The highest BCUT2D eigenvalue weighted by atomic mass is 79.9. The molecule has 2 rings (SSSR count). The highest BCUT2D eigenvalue weighted by molar-refractivity contribution is 9.10. The van der Waals surface area contributed by atoms with Crippen LogP contribution in [0.2, 0.25) is 0 Å². The minimum atomic E-state index is 0.743. The lowest BCUT2D eigenvalue weighted by Gasteiger charge is -2.24. The Labute approximate surface area is 106 Å². The van der Waals surface area contributed by atoms with E-state index in [0.717, 1.165) is 28.8 Å². The fourth-order valence-electron chi connectivity index (χ4n) is 1.81. The van der Waals surface area contributed by atoms with Gasteiger partial charge in [-0.3, -0.25) is 0 Å². The molecule has 0 aromatic carbocycles. The van der Waals surface area contributed by atoms with Crippen molar-refractivity contribution in [1.29, 1.82) is 0 Å². The zero-order valence-electron chi connectivity index (χ0n) is 9.99. The molecule has 1 aliphatic carbocycles. The summed E-state index contributed by atoms with van der Waals surface area (Å²) in [6.07, 6.45) is 5.79. The maximum absolute atomic E-state index is 4.50. The Morgan fingerprint density at radius 3 is 2.69 bits per heavy atom. The second kappa shape index (κ2) is 5.17. The number of aromatic nitrogens is 1. The van der Waals surface area contributed by atoms with Crippen molar-refractivity contribution in [1.82, 2.24) is 4.98 Å². The summed E-state index contributed by atoms with van der Waals surface area (Å²) in [7, 11) is 0. The number of halogens is 1. The van der Waals surface area contributed by atoms with E-state index < -0.39 is 0 Å². The second-order valence-corrected chi connectivity index (χ2v) is 5.86. The molecule has 1 aliphatic rings. The maximum Gasteiger partial charge on any atom is 0.128 e. The minimum Gasteiger partial charge on any atom is -0.354 e. The van der Waals surface area contributed by atoms with E-state index in [1.165, 1.54) is 19.3 Å². The molecule has 3 heteroatoms. The van der Waals surface area contributed by atoms with Gasteiger partial charge >= 0.3 is 0 Å². The highest BCUT2D eigenvalue weighted by Crippen LogP contribution is 2.31. The molecule has 0 spiro atoms. The molecule has 0 amide bonds. The van der Waals surface area contributed by atoms with Gasteiger partial charge in [-0.05, 0) is 53.2 Å². The first kappa shape index (κ1) is 11.9. The molecule has 2 nitrogen and oxygen atoms in total. The summed E-state index contributed by atoms with van der Waals surface area (Å²) >= 11 is 3.43. The molecule has 0 bridgehead atoms. The summed E-state index contributed by atoms with van der Waals surface area (Å²) in [5.74, 6) is 1.89. The third-order valence-electron chi connectivity index (χ3n) is 2.94. The number of rotatable bonds is 5. The van der Waals surface area contributed by atoms with E-state index in [0.29, 0.717) is 0 Å². The van der Waals surface area contributed by atoms with Gasteiger partial charge in [0.2, 0.25) is 0 Å². The summed E-state index contributed by atoms with van der Waals surface area (Å²) in [6.45, 7) is 5.69. The van der Waals surface area contributed by atoms with E-state index in [2.05, 4.69) is 51.8 Å². The van der Waals surface area contributed by atoms with Gasteiger partial charge < -0.3 is 4.90 Å². The predicted octanol–water partition coefficient (Wildman–Crippen LogP) is 3.86. The van der Waals surface area contributed by atoms with E-state index in [4.69, 9.17) is 0 Å². The quantitative estimate of drug-likeness (QED) is 0.815. The molecular formula is C13H19BrN2. The Morgan fingerprint density at radius 1 is 1.44 bits per heavy atom. The molecular weight excluding hydrogens is 264 g/mol. The van der Waals surface area contributed by atoms with Crippen LogP contribution in [0.25, 0.3) is 0 Å². The van der Waals surface area contributed by atoms with Crippen molar-refractivity contribution in [2.45, 2.75) is 39.2 Å². The first-order valence-electron chi connectivity index (χ1n) is 6.05. The summed E-state index contributed by atoms with van der Waals surface area (Å²) in [5, 5.41) is 0. The van der Waals surface area contributed by atoms with Crippen molar-refractivity contribution in [2.24, 2.45) is 5.92 Å². The molecule has 0 aliphatic heterocycles. The number of hydrogen-bond donors (Lipinski definition) is 0. The maximum atomic E-state index is 4.50. The molecule has 1 aromatic heterocycles. The van der Waals surface area contributed by atoms with Crippen molar-refractivity contribution < 1.29 is 0 Å². The minimum absolute atomic E-state index is 0.743. The largest absolute Gasteiger partial charge is 0.354 e. The predicted molar refractivity (Wildman–Crippen MR) is 71.8 cm³/mol. The summed E-state index contributed by atoms with van der Waals surface area (Å²) < 4.78 is 1.05. The van der Waals surface area contributed by atoms with Crippen LogP contribution in [0.1, 0.15) is 33.1 Å². The molecule has 16 heavy (non-hydrogen) atoms. The number of anilines is 1. The smallest absolute Gasteiger partial charge is 0.128 e. The highest BCUT2D eigenvalue weighted by Gasteiger charge is 2.29. The average Bonchev–Trinajstić information content (AvgIpc) is 3.04. The third kappa shape index (κ3) is 3.21. The van der Waals surface area contributed by atoms with Crippen LogP contribution in [0.5, 0.6) is 0 Å². The molecule has 0 atom stereocenters. The average molecular weight is 283 g/mol. The van der Waals surface area contributed by atoms with Crippen LogP contribution < -0.4 is 4.90 Å². The topological polar surface area (TPSA) is 16.1 Å². The van der Waals surface area contributed by atoms with Gasteiger partial charge in [-0.2, -0.15) is 0 Å². The first-order valence-corrected chi connectivity index (χ1v) is 6.84. The van der Waals surface area contributed by atoms with Crippen LogP contribution in [0.3, 0.4) is 0 Å². The van der Waals surface area contributed by atoms with Crippen molar-refractivity contribution in [3.05, 3.63) is 22.8 Å². The first-order chi connectivity index (χ1) is 7.66. The number of nitrogens with zero attached hydrogens (tertiary/aromatic N) is 2. The molecule has 1 saturated carbocycles. The van der Waals surface area contributed by atoms with Gasteiger partial charge in [-0.25, -0.2) is 4.98 Å². The fourth-order valence-corrected chi connectivity index (χ4v) is 2.04. The van der Waals surface area contributed by atoms with Crippen LogP contribution in [0, 0.1) is 5.92 Å². The van der Waals surface area contributed by atoms with E-state index in [1.807, 2.05) is 6.20 Å². The van der Waals surface area contributed by atoms with Crippen molar-refractivity contribution in [2.75, 3.05) is 11.4 Å². The molecule has 0 N–H and O–H groups in total. The van der Waals surface area contributed by atoms with E-state index in [1.54, 1.807) is 0 Å². The van der Waals surface area contributed by atoms with Crippen molar-refractivity contribution in [3.8, 4) is 0 Å². The van der Waals surface area contributed by atoms with Gasteiger partial charge in [0.1, 0.15) is 5.82 Å². The fraction of sp³-hybridized carbons (Fsp3) is 0.615. The second-order valence-electron chi connectivity index (χ2n) is 4.94. The normalized spacial score (nSPS) is 15.5. The SMILES string of the molecule is CC(C)CCN(c1ccc(Br)cn1)C1CC1. The zero-order valence-corrected chi connectivity index (χ0v) is 11.6. The lowest BCUT2D eigenvalue weighted by Crippen LogP contribution is -2.28. The summed E-state index contributed by atoms with van der Waals surface area (Å²) in [6, 6.07) is 4.93. The van der Waals surface area contributed by atoms with Gasteiger partial charge in [0.15, 0.2) is 0 Å². The number of pyridine rings is 1. The number of hydrogen-bond acceptors (Lipinski definition) is 2. The summed E-state index contributed by atoms with van der Waals surface area (Å²) in [4.78, 5) is 6.96. The van der Waals surface area contributed by atoms with Gasteiger partial charge in [0.25, 0.3) is 0 Å². The van der Waals surface area contributed by atoms with Crippen LogP contribution in [-0.2, 0) is 0 Å². The van der Waals surface area contributed by atoms with E-state index >= 15 is 0 Å². The van der Waals surface area contributed by atoms with Crippen LogP contribution in [0.15, 0.2) is 22.8 Å². The van der Waals surface area contributed by atoms with E-state index in [-0.39, 0.29) is 0 Å². The Hall–Kier alpha value is -0.570. The molecule has 0 radical (unpaired) electrons. The molecule has 1 fully saturated rings. The lowest BCUT2D eigenvalue weighted by molar-refractivity contribution is 0.568. The molecule has 88 valence electrons. The molecule has 1 heterocycles. The van der Waals surface area contributed by atoms with Crippen LogP contribution in [0.4, 0.5) is 5.82 Å². The monoisotopic (exact) mass is 282 g/mol. The molecule has 0 saturated heterocycles. The van der Waals surface area contributed by atoms with Crippen LogP contribution in [-0.4, -0.2) is 17.6 Å². The van der Waals surface area contributed by atoms with Crippen molar-refractivity contribution in [3.63, 3.8) is 0 Å². The standard InChI is InChI=1S/C13H19BrN2/c1-10(2)7-8-16(12-4-5-12)13-6-3-11(14)9-15-13/h3,6,9-10,12H,4-5,7-8H2,1-2H3. The Morgan fingerprint density at radius 2 is 2.19 bits per heavy atom. The molecule has 0 unspecified atom stereocenters. The van der Waals surface area contributed by atoms with Gasteiger partial charge in [0.05, 0.1) is 0 Å². The third-order valence-corrected chi connectivity index (χ3v) is 3.41.